The monoisotopic (exact) mass is 316 g/mol. The van der Waals surface area contributed by atoms with Crippen LogP contribution >= 0.6 is 22.7 Å². The average Bonchev–Trinajstić information content (AvgIpc) is 2.96. The lowest BCUT2D eigenvalue weighted by molar-refractivity contribution is 0.592. The highest BCUT2D eigenvalue weighted by molar-refractivity contribution is 7.92. The predicted molar refractivity (Wildman–Crippen MR) is 81.4 cm³/mol. The van der Waals surface area contributed by atoms with Crippen LogP contribution in [0.5, 0.6) is 0 Å². The molecular weight excluding hydrogens is 300 g/mol. The molecule has 2 aromatic rings. The standard InChI is InChI=1S/C12H16N2O2S3/c1-9(2)13-6-11-5-12(8-18-11)19(15,16)14-10-3-4-17-7-10/h3-5,7-9,13-14H,6H2,1-2H3. The van der Waals surface area contributed by atoms with Crippen LogP contribution in [0.2, 0.25) is 0 Å². The van der Waals surface area contributed by atoms with Crippen LogP contribution < -0.4 is 10.0 Å². The molecule has 0 aliphatic rings. The van der Waals surface area contributed by atoms with Crippen LogP contribution in [-0.2, 0) is 16.6 Å². The molecule has 0 bridgehead atoms. The van der Waals surface area contributed by atoms with Gasteiger partial charge in [-0.25, -0.2) is 8.42 Å². The molecule has 0 saturated heterocycles. The van der Waals surface area contributed by atoms with Gasteiger partial charge in [-0.15, -0.1) is 11.3 Å². The molecule has 0 spiro atoms. The maximum absolute atomic E-state index is 12.1. The summed E-state index contributed by atoms with van der Waals surface area (Å²) in [5.74, 6) is 0. The van der Waals surface area contributed by atoms with Gasteiger partial charge in [-0.1, -0.05) is 13.8 Å². The van der Waals surface area contributed by atoms with Gasteiger partial charge in [0.25, 0.3) is 10.0 Å². The van der Waals surface area contributed by atoms with E-state index in [4.69, 9.17) is 0 Å². The molecule has 0 unspecified atom stereocenters. The summed E-state index contributed by atoms with van der Waals surface area (Å²) in [6.45, 7) is 4.81. The predicted octanol–water partition coefficient (Wildman–Crippen LogP) is 3.11. The van der Waals surface area contributed by atoms with Gasteiger partial charge < -0.3 is 5.32 Å². The van der Waals surface area contributed by atoms with Gasteiger partial charge in [-0.3, -0.25) is 4.72 Å². The Kier molecular flexibility index (Phi) is 4.62. The van der Waals surface area contributed by atoms with Crippen molar-refractivity contribution < 1.29 is 8.42 Å². The highest BCUT2D eigenvalue weighted by Gasteiger charge is 2.16. The first-order valence-electron chi connectivity index (χ1n) is 5.83. The summed E-state index contributed by atoms with van der Waals surface area (Å²) in [6.07, 6.45) is 0. The summed E-state index contributed by atoms with van der Waals surface area (Å²) in [7, 11) is -3.46. The normalized spacial score (nSPS) is 11.9. The fourth-order valence-corrected chi connectivity index (χ4v) is 4.37. The Hall–Kier alpha value is -0.890. The van der Waals surface area contributed by atoms with E-state index >= 15 is 0 Å². The van der Waals surface area contributed by atoms with Crippen LogP contribution in [0.25, 0.3) is 0 Å². The number of thiophene rings is 2. The molecule has 0 radical (unpaired) electrons. The molecule has 7 heteroatoms. The van der Waals surface area contributed by atoms with Crippen molar-refractivity contribution in [3.63, 3.8) is 0 Å². The first-order chi connectivity index (χ1) is 8.97. The lowest BCUT2D eigenvalue weighted by Crippen LogP contribution is -2.21. The smallest absolute Gasteiger partial charge is 0.262 e. The van der Waals surface area contributed by atoms with Crippen LogP contribution in [-0.4, -0.2) is 14.5 Å². The molecule has 0 saturated carbocycles. The molecule has 0 fully saturated rings. The number of nitrogens with one attached hydrogen (secondary N) is 2. The molecule has 0 aliphatic heterocycles. The zero-order chi connectivity index (χ0) is 13.9. The van der Waals surface area contributed by atoms with Gasteiger partial charge in [0, 0.05) is 28.2 Å². The second kappa shape index (κ2) is 6.04. The third-order valence-electron chi connectivity index (χ3n) is 2.40. The quantitative estimate of drug-likeness (QED) is 0.861. The summed E-state index contributed by atoms with van der Waals surface area (Å²) in [4.78, 5) is 1.34. The largest absolute Gasteiger partial charge is 0.310 e. The third kappa shape index (κ3) is 4.04. The second-order valence-electron chi connectivity index (χ2n) is 4.40. The van der Waals surface area contributed by atoms with Crippen molar-refractivity contribution in [1.29, 1.82) is 0 Å². The number of hydrogen-bond donors (Lipinski definition) is 2. The second-order valence-corrected chi connectivity index (χ2v) is 7.86. The van der Waals surface area contributed by atoms with Gasteiger partial charge >= 0.3 is 0 Å². The minimum atomic E-state index is -3.46. The molecule has 0 atom stereocenters. The van der Waals surface area contributed by atoms with E-state index in [0.29, 0.717) is 23.2 Å². The Balaban J connectivity index is 2.08. The molecule has 0 aromatic carbocycles. The molecule has 2 heterocycles. The minimum absolute atomic E-state index is 0.323. The SMILES string of the molecule is CC(C)NCc1cc(S(=O)(=O)Nc2ccsc2)cs1. The van der Waals surface area contributed by atoms with E-state index in [-0.39, 0.29) is 0 Å². The van der Waals surface area contributed by atoms with Crippen LogP contribution in [0.15, 0.2) is 33.2 Å². The summed E-state index contributed by atoms with van der Waals surface area (Å²) in [6, 6.07) is 3.84. The number of anilines is 1. The molecule has 2 N–H and O–H groups in total. The Labute approximate surface area is 121 Å². The van der Waals surface area contributed by atoms with Crippen molar-refractivity contribution >= 4 is 38.4 Å². The van der Waals surface area contributed by atoms with Crippen molar-refractivity contribution in [1.82, 2.24) is 5.32 Å². The Bertz CT molecular complexity index is 615. The maximum Gasteiger partial charge on any atom is 0.262 e. The molecule has 19 heavy (non-hydrogen) atoms. The number of hydrogen-bond acceptors (Lipinski definition) is 5. The maximum atomic E-state index is 12.1. The topological polar surface area (TPSA) is 58.2 Å². The Morgan fingerprint density at radius 2 is 2.11 bits per heavy atom. The number of sulfonamides is 1. The zero-order valence-corrected chi connectivity index (χ0v) is 13.2. The van der Waals surface area contributed by atoms with E-state index < -0.39 is 10.0 Å². The fourth-order valence-electron chi connectivity index (χ4n) is 1.44. The Morgan fingerprint density at radius 3 is 2.74 bits per heavy atom. The van der Waals surface area contributed by atoms with Crippen LogP contribution in [0, 0.1) is 0 Å². The first-order valence-corrected chi connectivity index (χ1v) is 9.14. The van der Waals surface area contributed by atoms with Gasteiger partial charge in [-0.2, -0.15) is 11.3 Å². The molecule has 0 aliphatic carbocycles. The van der Waals surface area contributed by atoms with E-state index in [1.165, 1.54) is 22.7 Å². The van der Waals surface area contributed by atoms with Crippen molar-refractivity contribution in [3.8, 4) is 0 Å². The van der Waals surface area contributed by atoms with Crippen molar-refractivity contribution in [3.05, 3.63) is 33.2 Å². The van der Waals surface area contributed by atoms with E-state index in [0.717, 1.165) is 4.88 Å². The van der Waals surface area contributed by atoms with Crippen molar-refractivity contribution in [2.45, 2.75) is 31.3 Å². The summed E-state index contributed by atoms with van der Waals surface area (Å²) < 4.78 is 26.8. The van der Waals surface area contributed by atoms with Crippen LogP contribution in [0.3, 0.4) is 0 Å². The van der Waals surface area contributed by atoms with Gasteiger partial charge in [0.15, 0.2) is 0 Å². The summed E-state index contributed by atoms with van der Waals surface area (Å²) in [5.41, 5.74) is 0.609. The van der Waals surface area contributed by atoms with Gasteiger partial charge in [-0.05, 0) is 17.5 Å². The van der Waals surface area contributed by atoms with Crippen LogP contribution in [0.1, 0.15) is 18.7 Å². The molecular formula is C12H16N2O2S3. The van der Waals surface area contributed by atoms with E-state index in [9.17, 15) is 8.42 Å². The highest BCUT2D eigenvalue weighted by Crippen LogP contribution is 2.23. The minimum Gasteiger partial charge on any atom is -0.310 e. The zero-order valence-electron chi connectivity index (χ0n) is 10.7. The summed E-state index contributed by atoms with van der Waals surface area (Å²) in [5, 5.41) is 8.55. The van der Waals surface area contributed by atoms with Gasteiger partial charge in [0.1, 0.15) is 0 Å². The highest BCUT2D eigenvalue weighted by atomic mass is 32.2. The average molecular weight is 316 g/mol. The lowest BCUT2D eigenvalue weighted by Gasteiger charge is -2.05. The first kappa shape index (κ1) is 14.5. The van der Waals surface area contributed by atoms with E-state index in [1.54, 1.807) is 22.9 Å². The van der Waals surface area contributed by atoms with Gasteiger partial charge in [0.05, 0.1) is 10.6 Å². The number of rotatable bonds is 6. The van der Waals surface area contributed by atoms with Gasteiger partial charge in [0.2, 0.25) is 0 Å². The molecule has 0 amide bonds. The molecule has 2 rings (SSSR count). The van der Waals surface area contributed by atoms with Crippen molar-refractivity contribution in [2.24, 2.45) is 0 Å². The van der Waals surface area contributed by atoms with Crippen LogP contribution in [0.4, 0.5) is 5.69 Å². The van der Waals surface area contributed by atoms with E-state index in [2.05, 4.69) is 23.9 Å². The third-order valence-corrected chi connectivity index (χ3v) is 5.53. The molecule has 104 valence electrons. The molecule has 2 aromatic heterocycles. The Morgan fingerprint density at radius 1 is 1.32 bits per heavy atom. The fraction of sp³-hybridized carbons (Fsp3) is 0.333. The van der Waals surface area contributed by atoms with Crippen molar-refractivity contribution in [2.75, 3.05) is 4.72 Å². The summed E-state index contributed by atoms with van der Waals surface area (Å²) >= 11 is 2.91. The van der Waals surface area contributed by atoms with E-state index in [1.807, 2.05) is 5.38 Å². The lowest BCUT2D eigenvalue weighted by atomic mass is 10.4. The molecule has 4 nitrogen and oxygen atoms in total.